The van der Waals surface area contributed by atoms with Crippen LogP contribution in [0.5, 0.6) is 0 Å². The first-order chi connectivity index (χ1) is 9.31. The zero-order valence-corrected chi connectivity index (χ0v) is 10.3. The molecular weight excluding hydrogens is 240 g/mol. The molecule has 2 aliphatic rings. The summed E-state index contributed by atoms with van der Waals surface area (Å²) in [5, 5.41) is 0. The lowest BCUT2D eigenvalue weighted by molar-refractivity contribution is -0.212. The largest absolute Gasteiger partial charge is 0.335 e. The number of carbonyl (C=O) groups excluding carboxylic acids is 1. The van der Waals surface area contributed by atoms with Crippen LogP contribution in [0.15, 0.2) is 48.5 Å². The molecule has 4 rings (SSSR count). The lowest BCUT2D eigenvalue weighted by Crippen LogP contribution is -2.42. The molecule has 0 aliphatic carbocycles. The zero-order valence-electron chi connectivity index (χ0n) is 10.3. The number of fused-ring (bicyclic) bond motifs is 3. The maximum atomic E-state index is 12.8. The predicted molar refractivity (Wildman–Crippen MR) is 68.5 cm³/mol. The van der Waals surface area contributed by atoms with E-state index in [4.69, 9.17) is 9.47 Å². The molecule has 3 nitrogen and oxygen atoms in total. The molecule has 3 heteroatoms. The topological polar surface area (TPSA) is 35.5 Å². The molecule has 2 heterocycles. The quantitative estimate of drug-likeness (QED) is 0.723. The fourth-order valence-corrected chi connectivity index (χ4v) is 2.82. The van der Waals surface area contributed by atoms with Crippen LogP contribution in [0.25, 0.3) is 0 Å². The number of hydrogen-bond donors (Lipinski definition) is 0. The summed E-state index contributed by atoms with van der Waals surface area (Å²) in [5.41, 5.74) is 3.49. The van der Waals surface area contributed by atoms with Crippen molar-refractivity contribution in [3.8, 4) is 0 Å². The monoisotopic (exact) mass is 252 g/mol. The molecule has 19 heavy (non-hydrogen) atoms. The highest BCUT2D eigenvalue weighted by molar-refractivity contribution is 6.04. The van der Waals surface area contributed by atoms with E-state index in [2.05, 4.69) is 0 Å². The van der Waals surface area contributed by atoms with Crippen LogP contribution in [0.4, 0.5) is 0 Å². The van der Waals surface area contributed by atoms with Crippen molar-refractivity contribution in [1.82, 2.24) is 0 Å². The van der Waals surface area contributed by atoms with Gasteiger partial charge in [0.2, 0.25) is 5.78 Å². The summed E-state index contributed by atoms with van der Waals surface area (Å²) in [7, 11) is 0. The van der Waals surface area contributed by atoms with E-state index >= 15 is 0 Å². The minimum atomic E-state index is -1.23. The third kappa shape index (κ3) is 1.37. The number of carbonyl (C=O) groups is 1. The third-order valence-electron chi connectivity index (χ3n) is 3.79. The van der Waals surface area contributed by atoms with Gasteiger partial charge in [0, 0.05) is 11.1 Å². The predicted octanol–water partition coefficient (Wildman–Crippen LogP) is 2.78. The Hall–Kier alpha value is -1.97. The molecule has 0 fully saturated rings. The standard InChI is InChI=1S/C16H12O3/c17-15-13-7-3-1-5-11(13)9-18-16(15)14-8-4-2-6-12(14)10-19-16/h1-8H,9-10H2/t16-/m0/s1. The van der Waals surface area contributed by atoms with Crippen LogP contribution in [-0.4, -0.2) is 5.78 Å². The molecule has 0 radical (unpaired) electrons. The number of hydrogen-bond acceptors (Lipinski definition) is 3. The summed E-state index contributed by atoms with van der Waals surface area (Å²) in [6.07, 6.45) is 0. The second-order valence-electron chi connectivity index (χ2n) is 4.84. The normalized spacial score (nSPS) is 24.3. The lowest BCUT2D eigenvalue weighted by Gasteiger charge is -2.32. The molecule has 94 valence electrons. The van der Waals surface area contributed by atoms with Crippen molar-refractivity contribution < 1.29 is 14.3 Å². The van der Waals surface area contributed by atoms with Gasteiger partial charge in [-0.2, -0.15) is 0 Å². The molecule has 2 aromatic rings. The first kappa shape index (κ1) is 10.9. The van der Waals surface area contributed by atoms with E-state index in [1.165, 1.54) is 0 Å². The summed E-state index contributed by atoms with van der Waals surface area (Å²) in [5.74, 6) is -1.33. The van der Waals surface area contributed by atoms with Gasteiger partial charge < -0.3 is 9.47 Å². The van der Waals surface area contributed by atoms with Gasteiger partial charge in [-0.15, -0.1) is 0 Å². The Morgan fingerprint density at radius 2 is 1.47 bits per heavy atom. The molecule has 0 N–H and O–H groups in total. The number of ether oxygens (including phenoxy) is 2. The number of Topliss-reactive ketones (excluding diaryl/α,β-unsaturated/α-hetero) is 1. The van der Waals surface area contributed by atoms with E-state index in [0.29, 0.717) is 18.8 Å². The summed E-state index contributed by atoms with van der Waals surface area (Å²) >= 11 is 0. The Morgan fingerprint density at radius 1 is 0.842 bits per heavy atom. The van der Waals surface area contributed by atoms with Crippen molar-refractivity contribution >= 4 is 5.78 Å². The molecule has 0 saturated heterocycles. The van der Waals surface area contributed by atoms with Crippen LogP contribution in [0, 0.1) is 0 Å². The Kier molecular flexibility index (Phi) is 2.16. The number of ketones is 1. The van der Waals surface area contributed by atoms with Gasteiger partial charge in [-0.05, 0) is 11.1 Å². The molecule has 2 aromatic carbocycles. The van der Waals surface area contributed by atoms with Crippen molar-refractivity contribution in [2.24, 2.45) is 0 Å². The van der Waals surface area contributed by atoms with Crippen LogP contribution in [0.1, 0.15) is 27.0 Å². The molecule has 0 bridgehead atoms. The second-order valence-corrected chi connectivity index (χ2v) is 4.84. The summed E-state index contributed by atoms with van der Waals surface area (Å²) in [6, 6.07) is 15.3. The van der Waals surface area contributed by atoms with Gasteiger partial charge in [0.25, 0.3) is 5.79 Å². The maximum Gasteiger partial charge on any atom is 0.262 e. The van der Waals surface area contributed by atoms with Gasteiger partial charge >= 0.3 is 0 Å². The van der Waals surface area contributed by atoms with Gasteiger partial charge in [-0.1, -0.05) is 48.5 Å². The van der Waals surface area contributed by atoms with Crippen LogP contribution in [-0.2, 0) is 28.5 Å². The Balaban J connectivity index is 1.90. The van der Waals surface area contributed by atoms with Gasteiger partial charge in [0.1, 0.15) is 0 Å². The fourth-order valence-electron chi connectivity index (χ4n) is 2.82. The molecule has 0 aromatic heterocycles. The summed E-state index contributed by atoms with van der Waals surface area (Å²) in [6.45, 7) is 0.820. The molecule has 1 atom stereocenters. The smallest absolute Gasteiger partial charge is 0.262 e. The van der Waals surface area contributed by atoms with Crippen molar-refractivity contribution in [1.29, 1.82) is 0 Å². The average Bonchev–Trinajstić information content (AvgIpc) is 2.84. The minimum absolute atomic E-state index is 0.0979. The second kappa shape index (κ2) is 3.76. The average molecular weight is 252 g/mol. The first-order valence-corrected chi connectivity index (χ1v) is 6.30. The Morgan fingerprint density at radius 3 is 2.32 bits per heavy atom. The van der Waals surface area contributed by atoms with Crippen molar-refractivity contribution in [3.63, 3.8) is 0 Å². The molecule has 0 saturated carbocycles. The Labute approximate surface area is 110 Å². The van der Waals surface area contributed by atoms with E-state index < -0.39 is 5.79 Å². The van der Waals surface area contributed by atoms with Crippen LogP contribution >= 0.6 is 0 Å². The highest BCUT2D eigenvalue weighted by Crippen LogP contribution is 2.43. The molecular formula is C16H12O3. The summed E-state index contributed by atoms with van der Waals surface area (Å²) in [4.78, 5) is 12.8. The summed E-state index contributed by atoms with van der Waals surface area (Å²) < 4.78 is 11.6. The van der Waals surface area contributed by atoms with Gasteiger partial charge in [-0.3, -0.25) is 4.79 Å². The zero-order chi connectivity index (χ0) is 12.9. The van der Waals surface area contributed by atoms with E-state index in [-0.39, 0.29) is 5.78 Å². The van der Waals surface area contributed by atoms with Gasteiger partial charge in [0.05, 0.1) is 13.2 Å². The highest BCUT2D eigenvalue weighted by atomic mass is 16.7. The first-order valence-electron chi connectivity index (χ1n) is 6.30. The van der Waals surface area contributed by atoms with E-state index in [1.807, 2.05) is 48.5 Å². The van der Waals surface area contributed by atoms with Gasteiger partial charge in [-0.25, -0.2) is 0 Å². The number of benzene rings is 2. The molecule has 0 amide bonds. The SMILES string of the molecule is O=C1c2ccccc2CO[C@@]12OCc1ccccc12. The van der Waals surface area contributed by atoms with Gasteiger partial charge in [0.15, 0.2) is 0 Å². The number of rotatable bonds is 0. The van der Waals surface area contributed by atoms with E-state index in [1.54, 1.807) is 0 Å². The maximum absolute atomic E-state index is 12.8. The van der Waals surface area contributed by atoms with Crippen molar-refractivity contribution in [2.45, 2.75) is 19.0 Å². The van der Waals surface area contributed by atoms with Crippen LogP contribution in [0.3, 0.4) is 0 Å². The lowest BCUT2D eigenvalue weighted by atomic mass is 9.90. The Bertz CT molecular complexity index is 677. The molecule has 1 spiro atoms. The van der Waals surface area contributed by atoms with Crippen molar-refractivity contribution in [3.05, 3.63) is 70.8 Å². The van der Waals surface area contributed by atoms with Crippen molar-refractivity contribution in [2.75, 3.05) is 0 Å². The fraction of sp³-hybridized carbons (Fsp3) is 0.188. The molecule has 2 aliphatic heterocycles. The minimum Gasteiger partial charge on any atom is -0.335 e. The molecule has 0 unspecified atom stereocenters. The van der Waals surface area contributed by atoms with E-state index in [9.17, 15) is 4.79 Å². The highest BCUT2D eigenvalue weighted by Gasteiger charge is 2.51. The van der Waals surface area contributed by atoms with Crippen LogP contribution in [0.2, 0.25) is 0 Å². The van der Waals surface area contributed by atoms with Crippen LogP contribution < -0.4 is 0 Å². The van der Waals surface area contributed by atoms with E-state index in [0.717, 1.165) is 16.7 Å². The third-order valence-corrected chi connectivity index (χ3v) is 3.79.